The standard InChI is InChI=1S/C23H31N7O2.C6H6/c1-14(24)22(28(2)25)16-9-19-21(26-10-16)18-3-4-20(29-12-17(31)13-29)27-23(18)30(19)11-15-5-7-32-8-6-15;1-2-4-6-5-3-1/h3-4,9-10,15,17,31H,5-8,11-13,24-25H2,1-2H3;1-6H/b22-14-;. The Morgan fingerprint density at radius 2 is 1.76 bits per heavy atom. The largest absolute Gasteiger partial charge is 0.401 e. The normalized spacial score (nSPS) is 17.1. The second-order valence-electron chi connectivity index (χ2n) is 10.2. The Bertz CT molecular complexity index is 1370. The predicted molar refractivity (Wildman–Crippen MR) is 152 cm³/mol. The van der Waals surface area contributed by atoms with Crippen LogP contribution in [-0.2, 0) is 11.3 Å². The lowest BCUT2D eigenvalue weighted by Gasteiger charge is -2.36. The molecule has 0 aliphatic carbocycles. The Morgan fingerprint density at radius 1 is 1.11 bits per heavy atom. The van der Waals surface area contributed by atoms with Gasteiger partial charge in [0.1, 0.15) is 11.5 Å². The highest BCUT2D eigenvalue weighted by atomic mass is 16.5. The van der Waals surface area contributed by atoms with Crippen LogP contribution in [0.25, 0.3) is 27.8 Å². The fraction of sp³-hybridized carbons (Fsp3) is 0.379. The molecule has 0 radical (unpaired) electrons. The van der Waals surface area contributed by atoms with Crippen LogP contribution in [-0.4, -0.2) is 64.1 Å². The number of rotatable bonds is 5. The number of nitrogens with zero attached hydrogens (tertiary/aromatic N) is 5. The second-order valence-corrected chi connectivity index (χ2v) is 10.2. The molecule has 200 valence electrons. The molecule has 9 nitrogen and oxygen atoms in total. The minimum absolute atomic E-state index is 0.275. The fourth-order valence-electron chi connectivity index (χ4n) is 5.22. The Labute approximate surface area is 223 Å². The maximum absolute atomic E-state index is 9.73. The van der Waals surface area contributed by atoms with E-state index in [1.165, 1.54) is 5.01 Å². The highest BCUT2D eigenvalue weighted by Crippen LogP contribution is 2.33. The van der Waals surface area contributed by atoms with Crippen LogP contribution in [0.15, 0.2) is 66.5 Å². The van der Waals surface area contributed by atoms with E-state index in [4.69, 9.17) is 26.3 Å². The molecule has 4 aromatic rings. The van der Waals surface area contributed by atoms with Gasteiger partial charge in [-0.05, 0) is 43.9 Å². The number of nitrogens with two attached hydrogens (primary N) is 2. The summed E-state index contributed by atoms with van der Waals surface area (Å²) in [6.45, 7) is 5.53. The molecule has 38 heavy (non-hydrogen) atoms. The maximum atomic E-state index is 9.73. The van der Waals surface area contributed by atoms with Crippen LogP contribution in [0.1, 0.15) is 25.3 Å². The van der Waals surface area contributed by atoms with Gasteiger partial charge < -0.3 is 30.1 Å². The van der Waals surface area contributed by atoms with Crippen LogP contribution in [0.3, 0.4) is 0 Å². The first-order chi connectivity index (χ1) is 18.4. The van der Waals surface area contributed by atoms with Gasteiger partial charge in [0, 0.05) is 62.7 Å². The first-order valence-electron chi connectivity index (χ1n) is 13.2. The number of aliphatic hydroxyl groups is 1. The number of fused-ring (bicyclic) bond motifs is 3. The van der Waals surface area contributed by atoms with Gasteiger partial charge in [-0.2, -0.15) is 0 Å². The van der Waals surface area contributed by atoms with Crippen molar-refractivity contribution in [1.29, 1.82) is 0 Å². The van der Waals surface area contributed by atoms with Gasteiger partial charge >= 0.3 is 0 Å². The number of hydrogen-bond acceptors (Lipinski definition) is 8. The zero-order valence-electron chi connectivity index (χ0n) is 22.1. The second kappa shape index (κ2) is 11.4. The Hall–Kier alpha value is -3.66. The third-order valence-electron chi connectivity index (χ3n) is 7.16. The molecule has 5 N–H and O–H groups in total. The molecule has 0 atom stereocenters. The van der Waals surface area contributed by atoms with Crippen molar-refractivity contribution in [3.63, 3.8) is 0 Å². The average Bonchev–Trinajstić information content (AvgIpc) is 3.20. The summed E-state index contributed by atoms with van der Waals surface area (Å²) in [5, 5.41) is 12.3. The minimum Gasteiger partial charge on any atom is -0.401 e. The third-order valence-corrected chi connectivity index (χ3v) is 7.16. The zero-order chi connectivity index (χ0) is 26.6. The van der Waals surface area contributed by atoms with Crippen LogP contribution in [0, 0.1) is 5.92 Å². The van der Waals surface area contributed by atoms with Gasteiger partial charge in [-0.25, -0.2) is 10.8 Å². The van der Waals surface area contributed by atoms with Crippen LogP contribution in [0.5, 0.6) is 0 Å². The monoisotopic (exact) mass is 515 g/mol. The summed E-state index contributed by atoms with van der Waals surface area (Å²) >= 11 is 0. The lowest BCUT2D eigenvalue weighted by molar-refractivity contribution is 0.0619. The van der Waals surface area contributed by atoms with Crippen molar-refractivity contribution in [3.8, 4) is 0 Å². The van der Waals surface area contributed by atoms with Gasteiger partial charge in [0.15, 0.2) is 0 Å². The molecule has 6 rings (SSSR count). The number of aliphatic hydroxyl groups excluding tert-OH is 1. The topological polar surface area (TPSA) is 119 Å². The van der Waals surface area contributed by atoms with E-state index in [0.717, 1.165) is 71.7 Å². The van der Waals surface area contributed by atoms with E-state index < -0.39 is 0 Å². The van der Waals surface area contributed by atoms with Crippen molar-refractivity contribution in [2.75, 3.05) is 38.3 Å². The van der Waals surface area contributed by atoms with Crippen LogP contribution < -0.4 is 16.5 Å². The van der Waals surface area contributed by atoms with E-state index in [9.17, 15) is 5.11 Å². The summed E-state index contributed by atoms with van der Waals surface area (Å²) in [5.41, 5.74) is 11.3. The van der Waals surface area contributed by atoms with E-state index in [2.05, 4.69) is 21.6 Å². The summed E-state index contributed by atoms with van der Waals surface area (Å²) < 4.78 is 7.86. The maximum Gasteiger partial charge on any atom is 0.145 e. The van der Waals surface area contributed by atoms with Gasteiger partial charge in [-0.3, -0.25) is 4.98 Å². The van der Waals surface area contributed by atoms with E-state index in [1.807, 2.05) is 55.6 Å². The van der Waals surface area contributed by atoms with Crippen LogP contribution >= 0.6 is 0 Å². The smallest absolute Gasteiger partial charge is 0.145 e. The van der Waals surface area contributed by atoms with E-state index in [0.29, 0.717) is 24.7 Å². The lowest BCUT2D eigenvalue weighted by atomic mass is 10.0. The van der Waals surface area contributed by atoms with Crippen molar-refractivity contribution in [1.82, 2.24) is 19.5 Å². The Balaban J connectivity index is 0.000000433. The summed E-state index contributed by atoms with van der Waals surface area (Å²) in [7, 11) is 1.78. The van der Waals surface area contributed by atoms with Crippen LogP contribution in [0.4, 0.5) is 5.82 Å². The van der Waals surface area contributed by atoms with Crippen molar-refractivity contribution >= 4 is 33.6 Å². The number of aromatic nitrogens is 3. The molecule has 0 amide bonds. The van der Waals surface area contributed by atoms with Crippen molar-refractivity contribution in [3.05, 3.63) is 72.1 Å². The number of hydrogen-bond donors (Lipinski definition) is 3. The predicted octanol–water partition coefficient (Wildman–Crippen LogP) is 3.33. The Morgan fingerprint density at radius 3 is 2.34 bits per heavy atom. The van der Waals surface area contributed by atoms with E-state index in [-0.39, 0.29) is 6.10 Å². The highest BCUT2D eigenvalue weighted by molar-refractivity contribution is 6.05. The van der Waals surface area contributed by atoms with Gasteiger partial charge in [-0.15, -0.1) is 0 Å². The quantitative estimate of drug-likeness (QED) is 0.274. The van der Waals surface area contributed by atoms with Crippen molar-refractivity contribution in [2.24, 2.45) is 17.5 Å². The van der Waals surface area contributed by atoms with Gasteiger partial charge in [-0.1, -0.05) is 36.4 Å². The van der Waals surface area contributed by atoms with Gasteiger partial charge in [0.05, 0.1) is 22.8 Å². The summed E-state index contributed by atoms with van der Waals surface area (Å²) in [6.07, 6.45) is 3.62. The number of benzene rings is 1. The average molecular weight is 516 g/mol. The molecule has 9 heteroatoms. The van der Waals surface area contributed by atoms with Crippen molar-refractivity contribution in [2.45, 2.75) is 32.4 Å². The molecule has 1 aromatic carbocycles. The summed E-state index contributed by atoms with van der Waals surface area (Å²) in [5.74, 6) is 7.48. The summed E-state index contributed by atoms with van der Waals surface area (Å²) in [6, 6.07) is 18.2. The number of β-amino-alcohol motifs (C(OH)–C–C–N with tert-alkyl or cyclic N) is 1. The van der Waals surface area contributed by atoms with Crippen LogP contribution in [0.2, 0.25) is 0 Å². The molecule has 2 aliphatic heterocycles. The van der Waals surface area contributed by atoms with E-state index >= 15 is 0 Å². The van der Waals surface area contributed by atoms with Gasteiger partial charge in [0.25, 0.3) is 0 Å². The number of hydrazine groups is 1. The molecule has 0 saturated carbocycles. The number of allylic oxidation sites excluding steroid dienone is 1. The molecule has 2 aliphatic rings. The molecular formula is C29H37N7O2. The fourth-order valence-corrected chi connectivity index (χ4v) is 5.22. The molecule has 5 heterocycles. The minimum atomic E-state index is -0.275. The molecule has 2 fully saturated rings. The first-order valence-corrected chi connectivity index (χ1v) is 13.2. The zero-order valence-corrected chi connectivity index (χ0v) is 22.1. The number of pyridine rings is 2. The molecule has 0 spiro atoms. The van der Waals surface area contributed by atoms with E-state index in [1.54, 1.807) is 7.05 Å². The van der Waals surface area contributed by atoms with Crippen molar-refractivity contribution < 1.29 is 9.84 Å². The highest BCUT2D eigenvalue weighted by Gasteiger charge is 2.27. The molecule has 0 bridgehead atoms. The third kappa shape index (κ3) is 5.45. The Kier molecular flexibility index (Phi) is 7.78. The molecule has 0 unspecified atom stereocenters. The molecule has 3 aromatic heterocycles. The molecular weight excluding hydrogens is 478 g/mol. The number of anilines is 1. The lowest BCUT2D eigenvalue weighted by Crippen LogP contribution is -2.51. The van der Waals surface area contributed by atoms with Gasteiger partial charge in [0.2, 0.25) is 0 Å². The SMILES string of the molecule is C/C(N)=C(\c1cnc2c3ccc(N4CC(O)C4)nc3n(CC3CCOCC3)c2c1)N(C)N.c1ccccc1. The number of ether oxygens (including phenoxy) is 1. The summed E-state index contributed by atoms with van der Waals surface area (Å²) in [4.78, 5) is 11.9. The first kappa shape index (κ1) is 26.0. The molecule has 2 saturated heterocycles.